The minimum Gasteiger partial charge on any atom is -0.489 e. The Bertz CT molecular complexity index is 457. The van der Waals surface area contributed by atoms with Crippen LogP contribution in [0.25, 0.3) is 0 Å². The van der Waals surface area contributed by atoms with Crippen LogP contribution in [0.4, 0.5) is 4.39 Å². The van der Waals surface area contributed by atoms with Gasteiger partial charge in [0.05, 0.1) is 13.2 Å². The first-order valence-electron chi connectivity index (χ1n) is 7.51. The van der Waals surface area contributed by atoms with Crippen molar-refractivity contribution in [2.75, 3.05) is 26.8 Å². The lowest BCUT2D eigenvalue weighted by Crippen LogP contribution is -2.44. The number of aliphatic imine (C=N–C) groups is 1. The number of benzene rings is 1. The largest absolute Gasteiger partial charge is 0.489 e. The summed E-state index contributed by atoms with van der Waals surface area (Å²) in [6.07, 6.45) is -0.112. The first-order chi connectivity index (χ1) is 10.5. The van der Waals surface area contributed by atoms with Gasteiger partial charge in [-0.3, -0.25) is 0 Å². The molecule has 1 rings (SSSR count). The van der Waals surface area contributed by atoms with Gasteiger partial charge in [-0.2, -0.15) is 0 Å². The molecule has 0 saturated heterocycles. The fourth-order valence-electron chi connectivity index (χ4n) is 1.85. The molecule has 2 unspecified atom stereocenters. The predicted molar refractivity (Wildman–Crippen MR) is 102 cm³/mol. The smallest absolute Gasteiger partial charge is 0.191 e. The molecule has 5 nitrogen and oxygen atoms in total. The van der Waals surface area contributed by atoms with E-state index in [0.29, 0.717) is 18.9 Å². The molecule has 132 valence electrons. The second kappa shape index (κ2) is 12.3. The van der Waals surface area contributed by atoms with E-state index < -0.39 is 0 Å². The van der Waals surface area contributed by atoms with Crippen molar-refractivity contribution >= 4 is 29.9 Å². The van der Waals surface area contributed by atoms with Gasteiger partial charge in [-0.05, 0) is 45.0 Å². The number of hydrogen-bond donors (Lipinski definition) is 2. The Kier molecular flexibility index (Phi) is 11.8. The van der Waals surface area contributed by atoms with Gasteiger partial charge in [0, 0.05) is 19.7 Å². The van der Waals surface area contributed by atoms with Crippen LogP contribution in [-0.4, -0.2) is 44.9 Å². The van der Waals surface area contributed by atoms with Gasteiger partial charge in [-0.15, -0.1) is 24.0 Å². The van der Waals surface area contributed by atoms with E-state index in [9.17, 15) is 4.39 Å². The molecule has 0 aliphatic heterocycles. The summed E-state index contributed by atoms with van der Waals surface area (Å²) >= 11 is 0. The molecule has 0 bridgehead atoms. The maximum Gasteiger partial charge on any atom is 0.191 e. The molecule has 0 aliphatic carbocycles. The third-order valence-electron chi connectivity index (χ3n) is 2.80. The van der Waals surface area contributed by atoms with Crippen molar-refractivity contribution in [2.24, 2.45) is 4.99 Å². The van der Waals surface area contributed by atoms with Crippen LogP contribution in [0, 0.1) is 5.82 Å². The number of nitrogens with one attached hydrogen (secondary N) is 2. The number of ether oxygens (including phenoxy) is 2. The van der Waals surface area contributed by atoms with Gasteiger partial charge < -0.3 is 20.1 Å². The molecule has 0 saturated carbocycles. The molecule has 0 fully saturated rings. The SMILES string of the molecule is CCNC(=NCC(C)Oc1ccc(F)cc1)NC(C)COC.I. The monoisotopic (exact) mass is 439 g/mol. The molecular weight excluding hydrogens is 412 g/mol. The topological polar surface area (TPSA) is 54.9 Å². The van der Waals surface area contributed by atoms with Gasteiger partial charge in [0.15, 0.2) is 5.96 Å². The maximum atomic E-state index is 12.8. The van der Waals surface area contributed by atoms with Gasteiger partial charge in [0.25, 0.3) is 0 Å². The molecule has 2 atom stereocenters. The first kappa shape index (κ1) is 21.9. The van der Waals surface area contributed by atoms with Gasteiger partial charge in [0.1, 0.15) is 17.7 Å². The Balaban J connectivity index is 0.00000484. The summed E-state index contributed by atoms with van der Waals surface area (Å²) in [5, 5.41) is 6.43. The molecule has 7 heteroatoms. The molecule has 0 spiro atoms. The number of nitrogens with zero attached hydrogens (tertiary/aromatic N) is 1. The Morgan fingerprint density at radius 2 is 1.91 bits per heavy atom. The van der Waals surface area contributed by atoms with Gasteiger partial charge in [-0.1, -0.05) is 0 Å². The first-order valence-corrected chi connectivity index (χ1v) is 7.51. The standard InChI is InChI=1S/C16H26FN3O2.HI/c1-5-18-16(20-12(2)11-21-4)19-10-13(3)22-15-8-6-14(17)7-9-15;/h6-9,12-13H,5,10-11H2,1-4H3,(H2,18,19,20);1H. The van der Waals surface area contributed by atoms with Crippen molar-refractivity contribution in [1.29, 1.82) is 0 Å². The zero-order valence-electron chi connectivity index (χ0n) is 14.1. The lowest BCUT2D eigenvalue weighted by atomic mass is 10.3. The molecule has 0 heterocycles. The average molecular weight is 439 g/mol. The highest BCUT2D eigenvalue weighted by atomic mass is 127. The van der Waals surface area contributed by atoms with Crippen LogP contribution >= 0.6 is 24.0 Å². The van der Waals surface area contributed by atoms with E-state index in [1.165, 1.54) is 12.1 Å². The summed E-state index contributed by atoms with van der Waals surface area (Å²) in [5.74, 6) is 1.08. The lowest BCUT2D eigenvalue weighted by molar-refractivity contribution is 0.179. The van der Waals surface area contributed by atoms with Crippen molar-refractivity contribution in [3.63, 3.8) is 0 Å². The molecule has 0 aliphatic rings. The van der Waals surface area contributed by atoms with E-state index in [0.717, 1.165) is 12.5 Å². The molecule has 0 amide bonds. The van der Waals surface area contributed by atoms with Crippen LogP contribution in [0.3, 0.4) is 0 Å². The second-order valence-corrected chi connectivity index (χ2v) is 5.10. The zero-order chi connectivity index (χ0) is 16.4. The predicted octanol–water partition coefficient (Wildman–Crippen LogP) is 2.80. The summed E-state index contributed by atoms with van der Waals surface area (Å²) in [7, 11) is 1.67. The molecule has 2 N–H and O–H groups in total. The number of methoxy groups -OCH3 is 1. The zero-order valence-corrected chi connectivity index (χ0v) is 16.5. The fourth-order valence-corrected chi connectivity index (χ4v) is 1.85. The molecule has 1 aromatic carbocycles. The Labute approximate surface area is 155 Å². The minimum atomic E-state index is -0.274. The Hall–Kier alpha value is -1.09. The lowest BCUT2D eigenvalue weighted by Gasteiger charge is -2.18. The van der Waals surface area contributed by atoms with Crippen LogP contribution in [-0.2, 0) is 4.74 Å². The van der Waals surface area contributed by atoms with E-state index in [-0.39, 0.29) is 41.9 Å². The van der Waals surface area contributed by atoms with E-state index in [4.69, 9.17) is 9.47 Å². The van der Waals surface area contributed by atoms with Gasteiger partial charge >= 0.3 is 0 Å². The van der Waals surface area contributed by atoms with Crippen LogP contribution in [0.5, 0.6) is 5.75 Å². The number of guanidine groups is 1. The van der Waals surface area contributed by atoms with Gasteiger partial charge in [-0.25, -0.2) is 9.38 Å². The molecular formula is C16H27FIN3O2. The highest BCUT2D eigenvalue weighted by molar-refractivity contribution is 14.0. The van der Waals surface area contributed by atoms with E-state index >= 15 is 0 Å². The Morgan fingerprint density at radius 3 is 2.48 bits per heavy atom. The summed E-state index contributed by atoms with van der Waals surface area (Å²) in [6.45, 7) is 7.83. The van der Waals surface area contributed by atoms with Crippen molar-refractivity contribution in [2.45, 2.75) is 32.9 Å². The quantitative estimate of drug-likeness (QED) is 0.372. The summed E-state index contributed by atoms with van der Waals surface area (Å²) in [5.41, 5.74) is 0. The third kappa shape index (κ3) is 9.60. The maximum absolute atomic E-state index is 12.8. The van der Waals surface area contributed by atoms with Crippen LogP contribution in [0.1, 0.15) is 20.8 Å². The van der Waals surface area contributed by atoms with Crippen molar-refractivity contribution in [3.8, 4) is 5.75 Å². The highest BCUT2D eigenvalue weighted by Gasteiger charge is 2.07. The van der Waals surface area contributed by atoms with E-state index in [2.05, 4.69) is 15.6 Å². The van der Waals surface area contributed by atoms with E-state index in [1.807, 2.05) is 20.8 Å². The van der Waals surface area contributed by atoms with Crippen LogP contribution in [0.15, 0.2) is 29.3 Å². The molecule has 1 aromatic rings. The van der Waals surface area contributed by atoms with Crippen molar-refractivity contribution < 1.29 is 13.9 Å². The number of hydrogen-bond acceptors (Lipinski definition) is 3. The minimum absolute atomic E-state index is 0. The van der Waals surface area contributed by atoms with Crippen LogP contribution in [0.2, 0.25) is 0 Å². The molecule has 0 radical (unpaired) electrons. The van der Waals surface area contributed by atoms with Gasteiger partial charge in [0.2, 0.25) is 0 Å². The van der Waals surface area contributed by atoms with E-state index in [1.54, 1.807) is 19.2 Å². The Morgan fingerprint density at radius 1 is 1.26 bits per heavy atom. The normalized spacial score (nSPS) is 13.7. The summed E-state index contributed by atoms with van der Waals surface area (Å²) in [6, 6.07) is 6.14. The average Bonchev–Trinajstić information content (AvgIpc) is 2.48. The third-order valence-corrected chi connectivity index (χ3v) is 2.80. The fraction of sp³-hybridized carbons (Fsp3) is 0.562. The number of halogens is 2. The number of rotatable bonds is 8. The highest BCUT2D eigenvalue weighted by Crippen LogP contribution is 2.12. The second-order valence-electron chi connectivity index (χ2n) is 5.10. The molecule has 23 heavy (non-hydrogen) atoms. The summed E-state index contributed by atoms with van der Waals surface area (Å²) < 4.78 is 23.6. The van der Waals surface area contributed by atoms with Crippen LogP contribution < -0.4 is 15.4 Å². The summed E-state index contributed by atoms with van der Waals surface area (Å²) in [4.78, 5) is 4.49. The van der Waals surface area contributed by atoms with Crippen molar-refractivity contribution in [3.05, 3.63) is 30.1 Å². The van der Waals surface area contributed by atoms with Crippen molar-refractivity contribution in [1.82, 2.24) is 10.6 Å². The molecule has 0 aromatic heterocycles.